The van der Waals surface area contributed by atoms with Gasteiger partial charge in [-0.3, -0.25) is 14.9 Å². The molecule has 2 rings (SSSR count). The number of thioether (sulfide) groups is 1. The summed E-state index contributed by atoms with van der Waals surface area (Å²) in [6, 6.07) is 5.91. The van der Waals surface area contributed by atoms with Crippen LogP contribution in [0.3, 0.4) is 0 Å². The minimum absolute atomic E-state index is 0.0622. The number of aromatic nitrogens is 2. The number of carbonyl (C=O) groups excluding carboxylic acids is 1. The van der Waals surface area contributed by atoms with Gasteiger partial charge in [-0.1, -0.05) is 24.8 Å². The molecule has 0 bridgehead atoms. The minimum Gasteiger partial charge on any atom is -0.465 e. The van der Waals surface area contributed by atoms with Crippen molar-refractivity contribution in [3.63, 3.8) is 0 Å². The minimum atomic E-state index is -0.497. The second-order valence-corrected chi connectivity index (χ2v) is 5.60. The molecule has 0 aliphatic rings. The zero-order valence-corrected chi connectivity index (χ0v) is 13.4. The molecule has 0 saturated heterocycles. The SMILES string of the molecule is CCOC(=O)[C@H](CC)Sc1nnc(-c2cccc([N+](=O)[O-])c2)o1. The van der Waals surface area contributed by atoms with Crippen molar-refractivity contribution in [1.29, 1.82) is 0 Å². The van der Waals surface area contributed by atoms with Crippen molar-refractivity contribution in [3.8, 4) is 11.5 Å². The molecule has 8 nitrogen and oxygen atoms in total. The average molecular weight is 337 g/mol. The van der Waals surface area contributed by atoms with E-state index in [1.807, 2.05) is 6.92 Å². The van der Waals surface area contributed by atoms with Gasteiger partial charge in [0.25, 0.3) is 10.9 Å². The van der Waals surface area contributed by atoms with Gasteiger partial charge < -0.3 is 9.15 Å². The Morgan fingerprint density at radius 3 is 2.87 bits per heavy atom. The molecule has 122 valence electrons. The Bertz CT molecular complexity index is 703. The molecule has 0 aliphatic carbocycles. The number of nitro groups is 1. The lowest BCUT2D eigenvalue weighted by Gasteiger charge is -2.09. The van der Waals surface area contributed by atoms with Crippen LogP contribution in [0, 0.1) is 10.1 Å². The molecule has 0 aliphatic heterocycles. The van der Waals surface area contributed by atoms with E-state index >= 15 is 0 Å². The Balaban J connectivity index is 2.15. The van der Waals surface area contributed by atoms with Gasteiger partial charge in [0, 0.05) is 17.7 Å². The summed E-state index contributed by atoms with van der Waals surface area (Å²) in [5.41, 5.74) is 0.385. The largest absolute Gasteiger partial charge is 0.465 e. The van der Waals surface area contributed by atoms with Gasteiger partial charge in [0.15, 0.2) is 0 Å². The van der Waals surface area contributed by atoms with Crippen molar-refractivity contribution < 1.29 is 18.9 Å². The number of nitro benzene ring substituents is 1. The fraction of sp³-hybridized carbons (Fsp3) is 0.357. The van der Waals surface area contributed by atoms with E-state index in [9.17, 15) is 14.9 Å². The first-order valence-electron chi connectivity index (χ1n) is 6.96. The molecule has 1 aromatic heterocycles. The molecule has 0 unspecified atom stereocenters. The molecule has 1 atom stereocenters. The van der Waals surface area contributed by atoms with Crippen LogP contribution in [0.4, 0.5) is 5.69 Å². The predicted molar refractivity (Wildman–Crippen MR) is 83.0 cm³/mol. The van der Waals surface area contributed by atoms with Crippen LogP contribution in [0.15, 0.2) is 33.9 Å². The molecule has 0 fully saturated rings. The van der Waals surface area contributed by atoms with Gasteiger partial charge in [0.2, 0.25) is 5.89 Å². The summed E-state index contributed by atoms with van der Waals surface area (Å²) < 4.78 is 10.5. The summed E-state index contributed by atoms with van der Waals surface area (Å²) in [5, 5.41) is 18.3. The van der Waals surface area contributed by atoms with Crippen LogP contribution in [-0.4, -0.2) is 32.9 Å². The second kappa shape index (κ2) is 7.73. The van der Waals surface area contributed by atoms with Crippen molar-refractivity contribution in [3.05, 3.63) is 34.4 Å². The summed E-state index contributed by atoms with van der Waals surface area (Å²) >= 11 is 1.11. The van der Waals surface area contributed by atoms with E-state index in [-0.39, 0.29) is 22.8 Å². The van der Waals surface area contributed by atoms with Gasteiger partial charge >= 0.3 is 5.97 Å². The predicted octanol–water partition coefficient (Wildman–Crippen LogP) is 3.08. The number of benzene rings is 1. The molecule has 9 heteroatoms. The Kier molecular flexibility index (Phi) is 5.69. The Morgan fingerprint density at radius 2 is 2.22 bits per heavy atom. The van der Waals surface area contributed by atoms with Crippen LogP contribution in [0.5, 0.6) is 0 Å². The number of hydrogen-bond donors (Lipinski definition) is 0. The Morgan fingerprint density at radius 1 is 1.43 bits per heavy atom. The van der Waals surface area contributed by atoms with E-state index in [2.05, 4.69) is 10.2 Å². The molecule has 0 radical (unpaired) electrons. The van der Waals surface area contributed by atoms with E-state index < -0.39 is 10.2 Å². The van der Waals surface area contributed by atoms with Crippen LogP contribution in [0.2, 0.25) is 0 Å². The van der Waals surface area contributed by atoms with E-state index in [4.69, 9.17) is 9.15 Å². The molecule has 1 heterocycles. The number of nitrogens with zero attached hydrogens (tertiary/aromatic N) is 3. The molecule has 0 amide bonds. The maximum Gasteiger partial charge on any atom is 0.319 e. The van der Waals surface area contributed by atoms with Crippen molar-refractivity contribution in [2.45, 2.75) is 30.7 Å². The molecule has 0 spiro atoms. The van der Waals surface area contributed by atoms with Crippen LogP contribution in [0.25, 0.3) is 11.5 Å². The average Bonchev–Trinajstić information content (AvgIpc) is 3.01. The van der Waals surface area contributed by atoms with Gasteiger partial charge in [0.05, 0.1) is 11.5 Å². The smallest absolute Gasteiger partial charge is 0.319 e. The highest BCUT2D eigenvalue weighted by Crippen LogP contribution is 2.29. The fourth-order valence-corrected chi connectivity index (χ4v) is 2.57. The first kappa shape index (κ1) is 16.9. The number of rotatable bonds is 7. The number of carbonyl (C=O) groups is 1. The third-order valence-electron chi connectivity index (χ3n) is 2.87. The lowest BCUT2D eigenvalue weighted by atomic mass is 10.2. The molecule has 1 aromatic carbocycles. The van der Waals surface area contributed by atoms with Gasteiger partial charge in [-0.15, -0.1) is 10.2 Å². The third kappa shape index (κ3) is 4.28. The zero-order valence-electron chi connectivity index (χ0n) is 12.6. The van der Waals surface area contributed by atoms with E-state index in [0.29, 0.717) is 18.6 Å². The highest BCUT2D eigenvalue weighted by molar-refractivity contribution is 8.00. The summed E-state index contributed by atoms with van der Waals surface area (Å²) in [5.74, 6) is -0.176. The van der Waals surface area contributed by atoms with Crippen LogP contribution >= 0.6 is 11.8 Å². The molecule has 0 saturated carbocycles. The maximum atomic E-state index is 11.8. The number of non-ortho nitro benzene ring substituents is 1. The van der Waals surface area contributed by atoms with Gasteiger partial charge in [-0.05, 0) is 19.4 Å². The van der Waals surface area contributed by atoms with Gasteiger partial charge in [-0.2, -0.15) is 0 Å². The Hall–Kier alpha value is -2.42. The van der Waals surface area contributed by atoms with Crippen molar-refractivity contribution >= 4 is 23.4 Å². The standard InChI is InChI=1S/C14H15N3O5S/c1-3-11(13(18)21-4-2)23-14-16-15-12(22-14)9-6-5-7-10(8-9)17(19)20/h5-8,11H,3-4H2,1-2H3/t11-/m0/s1. The summed E-state index contributed by atoms with van der Waals surface area (Å²) in [6.45, 7) is 3.90. The summed E-state index contributed by atoms with van der Waals surface area (Å²) in [6.07, 6.45) is 0.554. The van der Waals surface area contributed by atoms with Crippen molar-refractivity contribution in [2.24, 2.45) is 0 Å². The maximum absolute atomic E-state index is 11.8. The molecule has 2 aromatic rings. The molecule has 23 heavy (non-hydrogen) atoms. The van der Waals surface area contributed by atoms with E-state index in [1.54, 1.807) is 13.0 Å². The van der Waals surface area contributed by atoms with Gasteiger partial charge in [0.1, 0.15) is 5.25 Å². The first-order valence-corrected chi connectivity index (χ1v) is 7.84. The number of hydrogen-bond acceptors (Lipinski definition) is 8. The first-order chi connectivity index (χ1) is 11.0. The van der Waals surface area contributed by atoms with E-state index in [0.717, 1.165) is 11.8 Å². The van der Waals surface area contributed by atoms with E-state index in [1.165, 1.54) is 18.2 Å². The molecule has 0 N–H and O–H groups in total. The normalized spacial score (nSPS) is 11.9. The van der Waals surface area contributed by atoms with Crippen molar-refractivity contribution in [2.75, 3.05) is 6.61 Å². The van der Waals surface area contributed by atoms with Crippen LogP contribution in [-0.2, 0) is 9.53 Å². The monoisotopic (exact) mass is 337 g/mol. The lowest BCUT2D eigenvalue weighted by Crippen LogP contribution is -2.19. The molecular weight excluding hydrogens is 322 g/mol. The number of esters is 1. The number of ether oxygens (including phenoxy) is 1. The highest BCUT2D eigenvalue weighted by atomic mass is 32.2. The third-order valence-corrected chi connectivity index (χ3v) is 4.05. The fourth-order valence-electron chi connectivity index (χ4n) is 1.78. The van der Waals surface area contributed by atoms with Crippen molar-refractivity contribution in [1.82, 2.24) is 10.2 Å². The molecular formula is C14H15N3O5S. The highest BCUT2D eigenvalue weighted by Gasteiger charge is 2.22. The lowest BCUT2D eigenvalue weighted by molar-refractivity contribution is -0.384. The Labute approximate surface area is 136 Å². The quantitative estimate of drug-likeness (QED) is 0.328. The summed E-state index contributed by atoms with van der Waals surface area (Å²) in [4.78, 5) is 22.1. The zero-order chi connectivity index (χ0) is 16.8. The van der Waals surface area contributed by atoms with Crippen LogP contribution < -0.4 is 0 Å². The second-order valence-electron chi connectivity index (χ2n) is 4.45. The van der Waals surface area contributed by atoms with Crippen LogP contribution in [0.1, 0.15) is 20.3 Å². The van der Waals surface area contributed by atoms with Gasteiger partial charge in [-0.25, -0.2) is 0 Å². The summed E-state index contributed by atoms with van der Waals surface area (Å²) in [7, 11) is 0. The topological polar surface area (TPSA) is 108 Å².